The van der Waals surface area contributed by atoms with Gasteiger partial charge in [0.1, 0.15) is 5.58 Å². The summed E-state index contributed by atoms with van der Waals surface area (Å²) in [4.78, 5) is 6.66. The van der Waals surface area contributed by atoms with Crippen molar-refractivity contribution in [2.24, 2.45) is 0 Å². The molecule has 2 aromatic heterocycles. The van der Waals surface area contributed by atoms with E-state index in [1.165, 1.54) is 44.2 Å². The van der Waals surface area contributed by atoms with E-state index in [4.69, 9.17) is 4.42 Å². The van der Waals surface area contributed by atoms with Crippen LogP contribution in [0.5, 0.6) is 0 Å². The number of nitrogens with zero attached hydrogens (tertiary/aromatic N) is 2. The van der Waals surface area contributed by atoms with Crippen LogP contribution >= 0.6 is 0 Å². The molecular formula is C49H32N2O. The fourth-order valence-corrected chi connectivity index (χ4v) is 7.56. The quantitative estimate of drug-likeness (QED) is 0.177. The Kier molecular flexibility index (Phi) is 7.14. The molecule has 2 heterocycles. The predicted molar refractivity (Wildman–Crippen MR) is 218 cm³/mol. The summed E-state index contributed by atoms with van der Waals surface area (Å²) in [5.41, 5.74) is 12.0. The third-order valence-electron chi connectivity index (χ3n) is 10.2. The first kappa shape index (κ1) is 29.9. The molecule has 0 N–H and O–H groups in total. The van der Waals surface area contributed by atoms with Crippen molar-refractivity contribution in [3.63, 3.8) is 0 Å². The number of anilines is 3. The summed E-state index contributed by atoms with van der Waals surface area (Å²) in [5, 5.41) is 6.83. The highest BCUT2D eigenvalue weighted by Gasteiger charge is 2.17. The van der Waals surface area contributed by atoms with Crippen molar-refractivity contribution >= 4 is 60.5 Å². The van der Waals surface area contributed by atoms with Crippen LogP contribution in [0.4, 0.5) is 17.1 Å². The van der Waals surface area contributed by atoms with Gasteiger partial charge in [0.05, 0.1) is 6.20 Å². The monoisotopic (exact) mass is 664 g/mol. The molecule has 0 bridgehead atoms. The average molecular weight is 665 g/mol. The zero-order chi connectivity index (χ0) is 34.4. The van der Waals surface area contributed by atoms with Crippen LogP contribution in [0.2, 0.25) is 0 Å². The standard InChI is InChI=1S/C49H32N2O/c1-2-8-33(9-3-1)34-16-18-35(19-17-34)36-20-24-40(25-21-36)51(41-13-6-12-39(30-41)44-15-7-11-37-10-4-5-14-43(37)44)42-26-22-38-23-27-46-45-28-29-50-32-48(45)52-49(46)47(38)31-42/h1-32H. The molecule has 0 amide bonds. The largest absolute Gasteiger partial charge is 0.454 e. The number of rotatable bonds is 6. The van der Waals surface area contributed by atoms with Crippen LogP contribution < -0.4 is 4.90 Å². The zero-order valence-electron chi connectivity index (χ0n) is 28.3. The average Bonchev–Trinajstić information content (AvgIpc) is 3.61. The predicted octanol–water partition coefficient (Wildman–Crippen LogP) is 13.8. The number of fused-ring (bicyclic) bond motifs is 6. The Balaban J connectivity index is 1.11. The molecule has 0 aliphatic rings. The van der Waals surface area contributed by atoms with Crippen LogP contribution in [0.25, 0.3) is 76.9 Å². The SMILES string of the molecule is c1ccc(-c2ccc(-c3ccc(N(c4cccc(-c5cccc6ccccc56)c4)c4ccc5ccc6c7ccncc7oc6c5c4)cc3)cc2)cc1. The number of benzene rings is 8. The molecule has 0 saturated heterocycles. The summed E-state index contributed by atoms with van der Waals surface area (Å²) in [6, 6.07) is 65.2. The van der Waals surface area contributed by atoms with Gasteiger partial charge in [0.25, 0.3) is 0 Å². The van der Waals surface area contributed by atoms with E-state index >= 15 is 0 Å². The fraction of sp³-hybridized carbons (Fsp3) is 0. The van der Waals surface area contributed by atoms with Crippen molar-refractivity contribution in [2.45, 2.75) is 0 Å². The summed E-state index contributed by atoms with van der Waals surface area (Å²) in [6.45, 7) is 0. The van der Waals surface area contributed by atoms with Crippen molar-refractivity contribution in [3.8, 4) is 33.4 Å². The van der Waals surface area contributed by atoms with Gasteiger partial charge in [-0.1, -0.05) is 133 Å². The van der Waals surface area contributed by atoms with Crippen LogP contribution in [0, 0.1) is 0 Å². The number of aromatic nitrogens is 1. The minimum atomic E-state index is 0.794. The van der Waals surface area contributed by atoms with Crippen molar-refractivity contribution in [1.82, 2.24) is 4.98 Å². The molecular weight excluding hydrogens is 633 g/mol. The van der Waals surface area contributed by atoms with Gasteiger partial charge in [0, 0.05) is 39.4 Å². The van der Waals surface area contributed by atoms with Gasteiger partial charge >= 0.3 is 0 Å². The lowest BCUT2D eigenvalue weighted by Gasteiger charge is -2.27. The Labute approximate surface area is 301 Å². The van der Waals surface area contributed by atoms with E-state index in [0.29, 0.717) is 0 Å². The Morgan fingerprint density at radius 2 is 1.00 bits per heavy atom. The van der Waals surface area contributed by atoms with Crippen LogP contribution in [0.3, 0.4) is 0 Å². The van der Waals surface area contributed by atoms with E-state index in [0.717, 1.165) is 49.8 Å². The van der Waals surface area contributed by atoms with Crippen LogP contribution in [-0.4, -0.2) is 4.98 Å². The van der Waals surface area contributed by atoms with Gasteiger partial charge in [-0.3, -0.25) is 4.98 Å². The molecule has 52 heavy (non-hydrogen) atoms. The molecule has 0 atom stereocenters. The molecule has 3 nitrogen and oxygen atoms in total. The molecule has 0 unspecified atom stereocenters. The highest BCUT2D eigenvalue weighted by atomic mass is 16.3. The molecule has 0 radical (unpaired) electrons. The van der Waals surface area contributed by atoms with Crippen LogP contribution in [-0.2, 0) is 0 Å². The van der Waals surface area contributed by atoms with E-state index in [1.807, 2.05) is 12.3 Å². The zero-order valence-corrected chi connectivity index (χ0v) is 28.3. The molecule has 10 aromatic rings. The molecule has 0 aliphatic carbocycles. The second kappa shape index (κ2) is 12.4. The molecule has 0 spiro atoms. The first-order valence-electron chi connectivity index (χ1n) is 17.6. The minimum Gasteiger partial charge on any atom is -0.454 e. The van der Waals surface area contributed by atoms with Gasteiger partial charge in [-0.15, -0.1) is 0 Å². The van der Waals surface area contributed by atoms with Crippen LogP contribution in [0.1, 0.15) is 0 Å². The van der Waals surface area contributed by atoms with Gasteiger partial charge in [-0.25, -0.2) is 0 Å². The summed E-state index contributed by atoms with van der Waals surface area (Å²) in [6.07, 6.45) is 3.62. The molecule has 0 fully saturated rings. The molecule has 8 aromatic carbocycles. The van der Waals surface area contributed by atoms with Crippen molar-refractivity contribution in [3.05, 3.63) is 194 Å². The van der Waals surface area contributed by atoms with E-state index < -0.39 is 0 Å². The molecule has 3 heteroatoms. The van der Waals surface area contributed by atoms with Gasteiger partial charge in [-0.2, -0.15) is 0 Å². The summed E-state index contributed by atoms with van der Waals surface area (Å²) in [7, 11) is 0. The number of pyridine rings is 1. The highest BCUT2D eigenvalue weighted by Crippen LogP contribution is 2.42. The molecule has 0 saturated carbocycles. The topological polar surface area (TPSA) is 29.3 Å². The fourth-order valence-electron chi connectivity index (χ4n) is 7.56. The smallest absolute Gasteiger partial charge is 0.153 e. The van der Waals surface area contributed by atoms with Gasteiger partial charge < -0.3 is 9.32 Å². The molecule has 0 aliphatic heterocycles. The Hall–Kier alpha value is -6.97. The van der Waals surface area contributed by atoms with Crippen molar-refractivity contribution in [2.75, 3.05) is 4.90 Å². The van der Waals surface area contributed by atoms with E-state index in [-0.39, 0.29) is 0 Å². The number of hydrogen-bond donors (Lipinski definition) is 0. The Morgan fingerprint density at radius 1 is 0.385 bits per heavy atom. The number of furan rings is 1. The lowest BCUT2D eigenvalue weighted by Crippen LogP contribution is -2.10. The third kappa shape index (κ3) is 5.19. The van der Waals surface area contributed by atoms with Gasteiger partial charge in [0.2, 0.25) is 0 Å². The normalized spacial score (nSPS) is 11.5. The lowest BCUT2D eigenvalue weighted by molar-refractivity contribution is 0.670. The van der Waals surface area contributed by atoms with E-state index in [1.54, 1.807) is 6.20 Å². The van der Waals surface area contributed by atoms with Gasteiger partial charge in [0.15, 0.2) is 5.58 Å². The van der Waals surface area contributed by atoms with Crippen molar-refractivity contribution < 1.29 is 4.42 Å². The second-order valence-electron chi connectivity index (χ2n) is 13.2. The van der Waals surface area contributed by atoms with Gasteiger partial charge in [-0.05, 0) is 98.1 Å². The van der Waals surface area contributed by atoms with Crippen LogP contribution in [0.15, 0.2) is 199 Å². The Morgan fingerprint density at radius 3 is 1.83 bits per heavy atom. The Bertz CT molecular complexity index is 2880. The lowest BCUT2D eigenvalue weighted by atomic mass is 9.97. The third-order valence-corrected chi connectivity index (χ3v) is 10.2. The summed E-state index contributed by atoms with van der Waals surface area (Å²) in [5.74, 6) is 0. The minimum absolute atomic E-state index is 0.794. The van der Waals surface area contributed by atoms with Crippen molar-refractivity contribution in [1.29, 1.82) is 0 Å². The van der Waals surface area contributed by atoms with E-state index in [9.17, 15) is 0 Å². The first-order valence-corrected chi connectivity index (χ1v) is 17.6. The maximum absolute atomic E-state index is 6.45. The number of hydrogen-bond acceptors (Lipinski definition) is 3. The second-order valence-corrected chi connectivity index (χ2v) is 13.2. The maximum atomic E-state index is 6.45. The highest BCUT2D eigenvalue weighted by molar-refractivity contribution is 6.15. The summed E-state index contributed by atoms with van der Waals surface area (Å²) < 4.78 is 6.45. The first-order chi connectivity index (χ1) is 25.8. The molecule has 10 rings (SSSR count). The summed E-state index contributed by atoms with van der Waals surface area (Å²) >= 11 is 0. The van der Waals surface area contributed by atoms with E-state index in [2.05, 4.69) is 186 Å². The molecule has 244 valence electrons. The maximum Gasteiger partial charge on any atom is 0.153 e.